The average molecular weight is 185 g/mol. The molecule has 0 aromatic carbocycles. The zero-order chi connectivity index (χ0) is 9.84. The smallest absolute Gasteiger partial charge is 0.0345 e. The van der Waals surface area contributed by atoms with Gasteiger partial charge in [-0.1, -0.05) is 0 Å². The van der Waals surface area contributed by atoms with E-state index in [0.717, 1.165) is 6.54 Å². The molecule has 1 atom stereocenters. The molecule has 0 aliphatic carbocycles. The summed E-state index contributed by atoms with van der Waals surface area (Å²) in [5, 5.41) is 3.26. The van der Waals surface area contributed by atoms with E-state index in [4.69, 9.17) is 0 Å². The van der Waals surface area contributed by atoms with Crippen LogP contribution in [0.15, 0.2) is 0 Å². The molecule has 1 aliphatic rings. The van der Waals surface area contributed by atoms with Crippen LogP contribution in [0.2, 0.25) is 0 Å². The fourth-order valence-corrected chi connectivity index (χ4v) is 1.90. The first-order valence-corrected chi connectivity index (χ1v) is 5.24. The van der Waals surface area contributed by atoms with Crippen LogP contribution in [0.4, 0.5) is 0 Å². The second kappa shape index (κ2) is 4.94. The molecule has 0 radical (unpaired) electrons. The number of piperazine rings is 1. The van der Waals surface area contributed by atoms with Crippen LogP contribution in [-0.2, 0) is 0 Å². The highest BCUT2D eigenvalue weighted by Crippen LogP contribution is 2.09. The van der Waals surface area contributed by atoms with Gasteiger partial charge in [-0.3, -0.25) is 9.80 Å². The van der Waals surface area contributed by atoms with Crippen molar-refractivity contribution in [2.75, 3.05) is 40.3 Å². The molecule has 1 saturated heterocycles. The molecule has 0 saturated carbocycles. The molecule has 1 aliphatic heterocycles. The molecular weight excluding hydrogens is 162 g/mol. The lowest BCUT2D eigenvalue weighted by molar-refractivity contribution is 0.0753. The lowest BCUT2D eigenvalue weighted by atomic mass is 10.1. The van der Waals surface area contributed by atoms with E-state index >= 15 is 0 Å². The van der Waals surface area contributed by atoms with Crippen molar-refractivity contribution in [2.45, 2.75) is 25.9 Å². The molecule has 13 heavy (non-hydrogen) atoms. The van der Waals surface area contributed by atoms with Gasteiger partial charge < -0.3 is 5.32 Å². The number of hydrogen-bond acceptors (Lipinski definition) is 3. The van der Waals surface area contributed by atoms with Gasteiger partial charge in [0.05, 0.1) is 0 Å². The summed E-state index contributed by atoms with van der Waals surface area (Å²) in [6.07, 6.45) is 0. The van der Waals surface area contributed by atoms with Crippen molar-refractivity contribution in [1.82, 2.24) is 15.1 Å². The summed E-state index contributed by atoms with van der Waals surface area (Å²) in [6.45, 7) is 9.27. The lowest BCUT2D eigenvalue weighted by Gasteiger charge is -2.41. The third-order valence-electron chi connectivity index (χ3n) is 2.98. The summed E-state index contributed by atoms with van der Waals surface area (Å²) in [5.74, 6) is 0. The Balaban J connectivity index is 2.42. The van der Waals surface area contributed by atoms with Crippen molar-refractivity contribution in [2.24, 2.45) is 0 Å². The quantitative estimate of drug-likeness (QED) is 0.679. The maximum Gasteiger partial charge on any atom is 0.0345 e. The zero-order valence-electron chi connectivity index (χ0n) is 9.38. The normalized spacial score (nSPS) is 27.0. The topological polar surface area (TPSA) is 18.5 Å². The first kappa shape index (κ1) is 11.0. The van der Waals surface area contributed by atoms with Crippen molar-refractivity contribution < 1.29 is 0 Å². The largest absolute Gasteiger partial charge is 0.318 e. The summed E-state index contributed by atoms with van der Waals surface area (Å²) >= 11 is 0. The Kier molecular flexibility index (Phi) is 4.16. The third kappa shape index (κ3) is 2.93. The Hall–Kier alpha value is -0.120. The third-order valence-corrected chi connectivity index (χ3v) is 2.98. The summed E-state index contributed by atoms with van der Waals surface area (Å²) in [5.41, 5.74) is 0. The molecule has 3 nitrogen and oxygen atoms in total. The van der Waals surface area contributed by atoms with E-state index < -0.39 is 0 Å². The Morgan fingerprint density at radius 2 is 2.08 bits per heavy atom. The molecule has 0 aromatic heterocycles. The van der Waals surface area contributed by atoms with Gasteiger partial charge in [0.1, 0.15) is 0 Å². The van der Waals surface area contributed by atoms with E-state index in [0.29, 0.717) is 12.1 Å². The van der Waals surface area contributed by atoms with E-state index in [-0.39, 0.29) is 0 Å². The van der Waals surface area contributed by atoms with Gasteiger partial charge in [-0.15, -0.1) is 0 Å². The van der Waals surface area contributed by atoms with Crippen LogP contribution in [0.3, 0.4) is 0 Å². The molecule has 0 amide bonds. The van der Waals surface area contributed by atoms with Crippen LogP contribution >= 0.6 is 0 Å². The predicted octanol–water partition coefficient (Wildman–Crippen LogP) is 0.230. The SMILES string of the molecule is CNCC1CN(C(C)C)CCN1C. The van der Waals surface area contributed by atoms with Crippen molar-refractivity contribution in [3.63, 3.8) is 0 Å². The Bertz CT molecular complexity index is 147. The van der Waals surface area contributed by atoms with Crippen LogP contribution in [0, 0.1) is 0 Å². The molecule has 1 heterocycles. The maximum atomic E-state index is 3.26. The molecule has 0 aromatic rings. The van der Waals surface area contributed by atoms with Crippen molar-refractivity contribution >= 4 is 0 Å². The molecule has 3 heteroatoms. The van der Waals surface area contributed by atoms with Gasteiger partial charge in [0, 0.05) is 38.3 Å². The standard InChI is InChI=1S/C10H23N3/c1-9(2)13-6-5-12(4)10(8-13)7-11-3/h9-11H,5-8H2,1-4H3. The van der Waals surface area contributed by atoms with Gasteiger partial charge in [-0.2, -0.15) is 0 Å². The Morgan fingerprint density at radius 3 is 2.62 bits per heavy atom. The molecule has 0 bridgehead atoms. The minimum absolute atomic E-state index is 0.682. The first-order valence-electron chi connectivity index (χ1n) is 5.24. The highest BCUT2D eigenvalue weighted by molar-refractivity contribution is 4.82. The van der Waals surface area contributed by atoms with E-state index in [1.54, 1.807) is 0 Å². The van der Waals surface area contributed by atoms with Gasteiger partial charge >= 0.3 is 0 Å². The van der Waals surface area contributed by atoms with Gasteiger partial charge in [-0.25, -0.2) is 0 Å². The predicted molar refractivity (Wildman–Crippen MR) is 57.1 cm³/mol. The molecular formula is C10H23N3. The fourth-order valence-electron chi connectivity index (χ4n) is 1.90. The molecule has 1 fully saturated rings. The minimum Gasteiger partial charge on any atom is -0.318 e. The van der Waals surface area contributed by atoms with Crippen LogP contribution in [-0.4, -0.2) is 62.2 Å². The van der Waals surface area contributed by atoms with Crippen molar-refractivity contribution in [1.29, 1.82) is 0 Å². The minimum atomic E-state index is 0.682. The lowest BCUT2D eigenvalue weighted by Crippen LogP contribution is -2.56. The highest BCUT2D eigenvalue weighted by Gasteiger charge is 2.24. The molecule has 1 unspecified atom stereocenters. The van der Waals surface area contributed by atoms with E-state index in [9.17, 15) is 0 Å². The van der Waals surface area contributed by atoms with Crippen molar-refractivity contribution in [3.8, 4) is 0 Å². The second-order valence-corrected chi connectivity index (χ2v) is 4.28. The Labute approximate surface area is 82.1 Å². The molecule has 0 spiro atoms. The number of nitrogens with zero attached hydrogens (tertiary/aromatic N) is 2. The summed E-state index contributed by atoms with van der Waals surface area (Å²) in [7, 11) is 4.25. The molecule has 1 rings (SSSR count). The van der Waals surface area contributed by atoms with Gasteiger partial charge in [0.2, 0.25) is 0 Å². The van der Waals surface area contributed by atoms with Crippen LogP contribution in [0.5, 0.6) is 0 Å². The van der Waals surface area contributed by atoms with Crippen LogP contribution in [0.25, 0.3) is 0 Å². The average Bonchev–Trinajstić information content (AvgIpc) is 2.08. The van der Waals surface area contributed by atoms with E-state index in [2.05, 4.69) is 36.0 Å². The number of hydrogen-bond donors (Lipinski definition) is 1. The van der Waals surface area contributed by atoms with E-state index in [1.807, 2.05) is 7.05 Å². The van der Waals surface area contributed by atoms with Gasteiger partial charge in [-0.05, 0) is 27.9 Å². The highest BCUT2D eigenvalue weighted by atomic mass is 15.3. The van der Waals surface area contributed by atoms with Crippen LogP contribution in [0.1, 0.15) is 13.8 Å². The zero-order valence-corrected chi connectivity index (χ0v) is 9.38. The van der Waals surface area contributed by atoms with Crippen molar-refractivity contribution in [3.05, 3.63) is 0 Å². The Morgan fingerprint density at radius 1 is 1.38 bits per heavy atom. The van der Waals surface area contributed by atoms with E-state index in [1.165, 1.54) is 19.6 Å². The van der Waals surface area contributed by atoms with Crippen LogP contribution < -0.4 is 5.32 Å². The number of nitrogens with one attached hydrogen (secondary N) is 1. The summed E-state index contributed by atoms with van der Waals surface area (Å²) in [4.78, 5) is 5.01. The summed E-state index contributed by atoms with van der Waals surface area (Å²) in [6, 6.07) is 1.37. The maximum absolute atomic E-state index is 3.26. The monoisotopic (exact) mass is 185 g/mol. The van der Waals surface area contributed by atoms with Gasteiger partial charge in [0.15, 0.2) is 0 Å². The fraction of sp³-hybridized carbons (Fsp3) is 1.00. The second-order valence-electron chi connectivity index (χ2n) is 4.28. The van der Waals surface area contributed by atoms with Gasteiger partial charge in [0.25, 0.3) is 0 Å². The number of rotatable bonds is 3. The molecule has 1 N–H and O–H groups in total. The molecule has 78 valence electrons. The number of likely N-dealkylation sites (N-methyl/N-ethyl adjacent to an activating group) is 2. The first-order chi connectivity index (χ1) is 6.15. The summed E-state index contributed by atoms with van der Waals surface area (Å²) < 4.78 is 0.